The molecule has 0 aromatic carbocycles. The molecule has 0 bridgehead atoms. The van der Waals surface area contributed by atoms with E-state index in [1.807, 2.05) is 0 Å². The number of imidazole rings is 1. The highest BCUT2D eigenvalue weighted by atomic mass is 16.1. The summed E-state index contributed by atoms with van der Waals surface area (Å²) in [6.45, 7) is 1.69. The van der Waals surface area contributed by atoms with Crippen molar-refractivity contribution in [1.29, 1.82) is 5.41 Å². The Morgan fingerprint density at radius 2 is 2.21 bits per heavy atom. The molecule has 1 heterocycles. The summed E-state index contributed by atoms with van der Waals surface area (Å²) in [6.07, 6.45) is 10.7. The van der Waals surface area contributed by atoms with Crippen LogP contribution >= 0.6 is 0 Å². The first-order chi connectivity index (χ1) is 9.15. The smallest absolute Gasteiger partial charge is 0.269 e. The molecule has 102 valence electrons. The number of amides is 1. The van der Waals surface area contributed by atoms with Crippen LogP contribution in [0.2, 0.25) is 0 Å². The van der Waals surface area contributed by atoms with Crippen LogP contribution in [0.25, 0.3) is 6.08 Å². The van der Waals surface area contributed by atoms with Gasteiger partial charge in [-0.1, -0.05) is 19.3 Å². The van der Waals surface area contributed by atoms with E-state index >= 15 is 0 Å². The number of allylic oxidation sites excluding steroid dienone is 1. The molecule has 1 aromatic rings. The molecule has 1 aliphatic rings. The molecule has 1 fully saturated rings. The molecule has 2 rings (SSSR count). The molecular formula is C14H20N4O. The Morgan fingerprint density at radius 1 is 1.47 bits per heavy atom. The quantitative estimate of drug-likeness (QED) is 0.727. The fourth-order valence-electron chi connectivity index (χ4n) is 2.25. The Kier molecular flexibility index (Phi) is 4.49. The van der Waals surface area contributed by atoms with Crippen LogP contribution in [-0.4, -0.2) is 27.6 Å². The van der Waals surface area contributed by atoms with E-state index in [0.717, 1.165) is 12.8 Å². The zero-order chi connectivity index (χ0) is 13.7. The minimum Gasteiger partial charge on any atom is -0.348 e. The Hall–Kier alpha value is -1.91. The molecule has 0 radical (unpaired) electrons. The van der Waals surface area contributed by atoms with Crippen LogP contribution in [0.3, 0.4) is 0 Å². The summed E-state index contributed by atoms with van der Waals surface area (Å²) in [7, 11) is 0. The lowest BCUT2D eigenvalue weighted by Gasteiger charge is -2.22. The van der Waals surface area contributed by atoms with E-state index < -0.39 is 0 Å². The number of nitrogens with zero attached hydrogens (tertiary/aromatic N) is 1. The van der Waals surface area contributed by atoms with Gasteiger partial charge in [-0.2, -0.15) is 0 Å². The first-order valence-corrected chi connectivity index (χ1v) is 6.74. The number of carbonyl (C=O) groups excluding carboxylic acids is 1. The third kappa shape index (κ3) is 4.05. The average Bonchev–Trinajstić information content (AvgIpc) is 2.86. The maximum Gasteiger partial charge on any atom is 0.269 e. The Balaban J connectivity index is 1.93. The van der Waals surface area contributed by atoms with Crippen molar-refractivity contribution in [2.24, 2.45) is 0 Å². The molecular weight excluding hydrogens is 240 g/mol. The Morgan fingerprint density at radius 3 is 2.89 bits per heavy atom. The fraction of sp³-hybridized carbons (Fsp3) is 0.500. The van der Waals surface area contributed by atoms with Gasteiger partial charge in [-0.3, -0.25) is 4.79 Å². The molecule has 1 aliphatic carbocycles. The summed E-state index contributed by atoms with van der Waals surface area (Å²) < 4.78 is 0. The number of hydrogen-bond donors (Lipinski definition) is 3. The van der Waals surface area contributed by atoms with Gasteiger partial charge in [0.15, 0.2) is 0 Å². The second-order valence-corrected chi connectivity index (χ2v) is 5.01. The van der Waals surface area contributed by atoms with Crippen molar-refractivity contribution in [1.82, 2.24) is 15.3 Å². The molecule has 0 atom stereocenters. The average molecular weight is 260 g/mol. The fourth-order valence-corrected chi connectivity index (χ4v) is 2.25. The molecule has 3 N–H and O–H groups in total. The van der Waals surface area contributed by atoms with Crippen molar-refractivity contribution in [3.05, 3.63) is 23.8 Å². The van der Waals surface area contributed by atoms with Crippen LogP contribution in [0.15, 0.2) is 12.3 Å². The van der Waals surface area contributed by atoms with Gasteiger partial charge in [0, 0.05) is 11.8 Å². The van der Waals surface area contributed by atoms with Gasteiger partial charge < -0.3 is 15.7 Å². The number of H-pyrrole nitrogens is 1. The standard InChI is InChI=1S/C14H20N4O/c1-10(15)7-8-13-16-9-12(18-13)14(19)17-11-5-3-2-4-6-11/h7-9,11,15H,2-6H2,1H3,(H,16,18)(H,17,19)/b8-7-,15-10?. The molecule has 1 amide bonds. The zero-order valence-corrected chi connectivity index (χ0v) is 11.2. The molecule has 5 heteroatoms. The lowest BCUT2D eigenvalue weighted by molar-refractivity contribution is 0.0923. The minimum absolute atomic E-state index is 0.0920. The molecule has 5 nitrogen and oxygen atoms in total. The number of nitrogens with one attached hydrogen (secondary N) is 3. The summed E-state index contributed by atoms with van der Waals surface area (Å²) in [5.41, 5.74) is 0.928. The maximum atomic E-state index is 12.0. The van der Waals surface area contributed by atoms with Crippen LogP contribution in [0, 0.1) is 5.41 Å². The molecule has 1 aromatic heterocycles. The summed E-state index contributed by atoms with van der Waals surface area (Å²) in [5.74, 6) is 0.506. The third-order valence-electron chi connectivity index (χ3n) is 3.27. The first kappa shape index (κ1) is 13.5. The largest absolute Gasteiger partial charge is 0.348 e. The highest BCUT2D eigenvalue weighted by molar-refractivity contribution is 5.94. The summed E-state index contributed by atoms with van der Waals surface area (Å²) >= 11 is 0. The molecule has 0 unspecified atom stereocenters. The number of carbonyl (C=O) groups is 1. The molecule has 19 heavy (non-hydrogen) atoms. The monoisotopic (exact) mass is 260 g/mol. The van der Waals surface area contributed by atoms with Gasteiger partial charge in [-0.15, -0.1) is 0 Å². The van der Waals surface area contributed by atoms with Crippen LogP contribution in [0.4, 0.5) is 0 Å². The van der Waals surface area contributed by atoms with Crippen LogP contribution < -0.4 is 5.32 Å². The topological polar surface area (TPSA) is 81.6 Å². The number of aromatic nitrogens is 2. The number of hydrogen-bond acceptors (Lipinski definition) is 3. The zero-order valence-electron chi connectivity index (χ0n) is 11.2. The van der Waals surface area contributed by atoms with Gasteiger partial charge >= 0.3 is 0 Å². The second kappa shape index (κ2) is 6.31. The maximum absolute atomic E-state index is 12.0. The molecule has 0 saturated heterocycles. The van der Waals surface area contributed by atoms with E-state index in [0.29, 0.717) is 23.3 Å². The summed E-state index contributed by atoms with van der Waals surface area (Å²) in [5, 5.41) is 10.3. The SMILES string of the molecule is CC(=N)/C=C\c1ncc(C(=O)NC2CCCCC2)[nH]1. The van der Waals surface area contributed by atoms with Crippen LogP contribution in [-0.2, 0) is 0 Å². The lowest BCUT2D eigenvalue weighted by atomic mass is 9.95. The van der Waals surface area contributed by atoms with E-state index in [2.05, 4.69) is 15.3 Å². The normalized spacial score (nSPS) is 16.7. The van der Waals surface area contributed by atoms with Crippen LogP contribution in [0.1, 0.15) is 55.3 Å². The van der Waals surface area contributed by atoms with Gasteiger partial charge in [0.25, 0.3) is 5.91 Å². The van der Waals surface area contributed by atoms with Crippen molar-refractivity contribution in [3.8, 4) is 0 Å². The van der Waals surface area contributed by atoms with Crippen LogP contribution in [0.5, 0.6) is 0 Å². The van der Waals surface area contributed by atoms with Gasteiger partial charge in [-0.05, 0) is 31.9 Å². The molecule has 1 saturated carbocycles. The van der Waals surface area contributed by atoms with E-state index in [9.17, 15) is 4.79 Å². The highest BCUT2D eigenvalue weighted by Gasteiger charge is 2.17. The summed E-state index contributed by atoms with van der Waals surface area (Å²) in [6, 6.07) is 0.298. The predicted octanol–water partition coefficient (Wildman–Crippen LogP) is 2.53. The predicted molar refractivity (Wildman–Crippen MR) is 75.4 cm³/mol. The third-order valence-corrected chi connectivity index (χ3v) is 3.27. The van der Waals surface area contributed by atoms with Crippen molar-refractivity contribution >= 4 is 17.7 Å². The number of rotatable bonds is 4. The minimum atomic E-state index is -0.0920. The highest BCUT2D eigenvalue weighted by Crippen LogP contribution is 2.17. The van der Waals surface area contributed by atoms with Crippen molar-refractivity contribution in [2.45, 2.75) is 45.1 Å². The summed E-state index contributed by atoms with van der Waals surface area (Å²) in [4.78, 5) is 19.1. The van der Waals surface area contributed by atoms with Gasteiger partial charge in [-0.25, -0.2) is 4.98 Å². The first-order valence-electron chi connectivity index (χ1n) is 6.74. The van der Waals surface area contributed by atoms with Gasteiger partial charge in [0.05, 0.1) is 6.20 Å². The van der Waals surface area contributed by atoms with Gasteiger partial charge in [0.1, 0.15) is 11.5 Å². The van der Waals surface area contributed by atoms with Crippen molar-refractivity contribution < 1.29 is 4.79 Å². The van der Waals surface area contributed by atoms with E-state index in [1.54, 1.807) is 19.1 Å². The Bertz CT molecular complexity index is 483. The Labute approximate surface area is 113 Å². The number of aromatic amines is 1. The van der Waals surface area contributed by atoms with Crippen molar-refractivity contribution in [2.75, 3.05) is 0 Å². The van der Waals surface area contributed by atoms with Gasteiger partial charge in [0.2, 0.25) is 0 Å². The molecule has 0 spiro atoms. The van der Waals surface area contributed by atoms with E-state index in [-0.39, 0.29) is 5.91 Å². The second-order valence-electron chi connectivity index (χ2n) is 5.01. The van der Waals surface area contributed by atoms with E-state index in [4.69, 9.17) is 5.41 Å². The lowest BCUT2D eigenvalue weighted by Crippen LogP contribution is -2.36. The van der Waals surface area contributed by atoms with E-state index in [1.165, 1.54) is 25.5 Å². The molecule has 0 aliphatic heterocycles. The van der Waals surface area contributed by atoms with Crippen molar-refractivity contribution in [3.63, 3.8) is 0 Å².